The van der Waals surface area contributed by atoms with Crippen LogP contribution >= 0.6 is 27.5 Å². The summed E-state index contributed by atoms with van der Waals surface area (Å²) in [7, 11) is 1.60. The summed E-state index contributed by atoms with van der Waals surface area (Å²) >= 11 is 9.37. The van der Waals surface area contributed by atoms with E-state index in [2.05, 4.69) is 21.2 Å². The maximum Gasteiger partial charge on any atom is 0.261 e. The molecule has 0 radical (unpaired) electrons. The minimum atomic E-state index is -0.637. The van der Waals surface area contributed by atoms with E-state index in [9.17, 15) is 9.59 Å². The highest BCUT2D eigenvalue weighted by Gasteiger charge is 2.28. The number of hydrogen-bond donors (Lipinski definition) is 1. The third-order valence-corrected chi connectivity index (χ3v) is 6.48. The highest BCUT2D eigenvalue weighted by Crippen LogP contribution is 2.28. The summed E-state index contributed by atoms with van der Waals surface area (Å²) in [5.41, 5.74) is 0.896. The molecule has 1 N–H and O–H groups in total. The summed E-state index contributed by atoms with van der Waals surface area (Å²) in [4.78, 5) is 27.6. The second kappa shape index (κ2) is 11.6. The molecule has 3 rings (SSSR count). The quantitative estimate of drug-likeness (QED) is 0.504. The van der Waals surface area contributed by atoms with Crippen molar-refractivity contribution in [3.63, 3.8) is 0 Å². The highest BCUT2D eigenvalue weighted by atomic mass is 79.9. The Morgan fingerprint density at radius 3 is 2.50 bits per heavy atom. The van der Waals surface area contributed by atoms with E-state index in [1.165, 1.54) is 0 Å². The molecule has 0 bridgehead atoms. The molecule has 0 saturated heterocycles. The smallest absolute Gasteiger partial charge is 0.261 e. The van der Waals surface area contributed by atoms with Crippen LogP contribution in [0.4, 0.5) is 0 Å². The lowest BCUT2D eigenvalue weighted by molar-refractivity contribution is -0.142. The summed E-state index contributed by atoms with van der Waals surface area (Å²) in [6, 6.07) is 12.1. The molecular formula is C24H28BrClN2O4. The first-order chi connectivity index (χ1) is 15.4. The van der Waals surface area contributed by atoms with E-state index in [1.54, 1.807) is 37.1 Å². The van der Waals surface area contributed by atoms with Gasteiger partial charge in [-0.3, -0.25) is 9.59 Å². The Morgan fingerprint density at radius 2 is 1.88 bits per heavy atom. The number of amides is 2. The van der Waals surface area contributed by atoms with Gasteiger partial charge in [-0.1, -0.05) is 36.6 Å². The van der Waals surface area contributed by atoms with E-state index in [1.807, 2.05) is 24.3 Å². The SMILES string of the molecule is COc1ccc(CN(C(=O)COc2ccc(Cl)cc2Br)[C@@H](C)C(=O)NC2CCCC2)cc1. The van der Waals surface area contributed by atoms with Gasteiger partial charge in [0.25, 0.3) is 5.91 Å². The molecule has 8 heteroatoms. The molecule has 172 valence electrons. The molecule has 0 aliphatic heterocycles. The average Bonchev–Trinajstić information content (AvgIpc) is 3.29. The fraction of sp³-hybridized carbons (Fsp3) is 0.417. The standard InChI is InChI=1S/C24H28BrClN2O4/c1-16(24(30)27-19-5-3-4-6-19)28(14-17-7-10-20(31-2)11-8-17)23(29)15-32-22-12-9-18(26)13-21(22)25/h7-13,16,19H,3-6,14-15H2,1-2H3,(H,27,30)/t16-/m0/s1. The Hall–Kier alpha value is -2.25. The zero-order chi connectivity index (χ0) is 23.1. The minimum absolute atomic E-state index is 0.147. The van der Waals surface area contributed by atoms with Gasteiger partial charge < -0.3 is 19.7 Å². The van der Waals surface area contributed by atoms with E-state index in [4.69, 9.17) is 21.1 Å². The summed E-state index contributed by atoms with van der Waals surface area (Å²) in [6.07, 6.45) is 4.21. The number of halogens is 2. The number of rotatable bonds is 9. The number of nitrogens with one attached hydrogen (secondary N) is 1. The van der Waals surface area contributed by atoms with Gasteiger partial charge in [-0.25, -0.2) is 0 Å². The molecule has 0 unspecified atom stereocenters. The largest absolute Gasteiger partial charge is 0.497 e. The van der Waals surface area contributed by atoms with Crippen LogP contribution in [-0.4, -0.2) is 42.5 Å². The molecule has 1 atom stereocenters. The molecule has 1 saturated carbocycles. The summed E-state index contributed by atoms with van der Waals surface area (Å²) < 4.78 is 11.6. The predicted molar refractivity (Wildman–Crippen MR) is 128 cm³/mol. The molecule has 2 amide bonds. The van der Waals surface area contributed by atoms with Crippen molar-refractivity contribution in [1.82, 2.24) is 10.2 Å². The molecule has 1 aliphatic rings. The number of carbonyl (C=O) groups is 2. The molecule has 32 heavy (non-hydrogen) atoms. The van der Waals surface area contributed by atoms with Gasteiger partial charge in [0.2, 0.25) is 5.91 Å². The maximum absolute atomic E-state index is 13.2. The van der Waals surface area contributed by atoms with Gasteiger partial charge in [0.05, 0.1) is 11.6 Å². The van der Waals surface area contributed by atoms with Crippen molar-refractivity contribution < 1.29 is 19.1 Å². The number of carbonyl (C=O) groups excluding carboxylic acids is 2. The predicted octanol–water partition coefficient (Wildman–Crippen LogP) is 4.97. The summed E-state index contributed by atoms with van der Waals surface area (Å²) in [5.74, 6) is 0.813. The Kier molecular flexibility index (Phi) is 8.82. The van der Waals surface area contributed by atoms with Crippen LogP contribution in [0.2, 0.25) is 5.02 Å². The van der Waals surface area contributed by atoms with Crippen molar-refractivity contribution in [3.05, 3.63) is 57.5 Å². The second-order valence-corrected chi connectivity index (χ2v) is 9.19. The Balaban J connectivity index is 1.72. The molecule has 1 aliphatic carbocycles. The van der Waals surface area contributed by atoms with E-state index in [-0.39, 0.29) is 31.0 Å². The summed E-state index contributed by atoms with van der Waals surface area (Å²) in [5, 5.41) is 3.66. The van der Waals surface area contributed by atoms with Crippen LogP contribution in [0.3, 0.4) is 0 Å². The fourth-order valence-electron chi connectivity index (χ4n) is 3.72. The van der Waals surface area contributed by atoms with Gasteiger partial charge in [0.15, 0.2) is 6.61 Å². The van der Waals surface area contributed by atoms with Crippen molar-refractivity contribution >= 4 is 39.3 Å². The van der Waals surface area contributed by atoms with Crippen molar-refractivity contribution in [1.29, 1.82) is 0 Å². The Bertz CT molecular complexity index is 932. The van der Waals surface area contributed by atoms with Crippen molar-refractivity contribution in [2.24, 2.45) is 0 Å². The van der Waals surface area contributed by atoms with Crippen molar-refractivity contribution in [3.8, 4) is 11.5 Å². The first kappa shape index (κ1) is 24.4. The van der Waals surface area contributed by atoms with E-state index < -0.39 is 6.04 Å². The first-order valence-corrected chi connectivity index (χ1v) is 11.8. The van der Waals surface area contributed by atoms with Crippen molar-refractivity contribution in [2.45, 2.75) is 51.2 Å². The van der Waals surface area contributed by atoms with Crippen LogP contribution in [-0.2, 0) is 16.1 Å². The fourth-order valence-corrected chi connectivity index (χ4v) is 4.51. The number of hydrogen-bond acceptors (Lipinski definition) is 4. The molecule has 0 heterocycles. The van der Waals surface area contributed by atoms with Crippen LogP contribution in [0.25, 0.3) is 0 Å². The third-order valence-electron chi connectivity index (χ3n) is 5.63. The molecule has 0 aromatic heterocycles. The first-order valence-electron chi connectivity index (χ1n) is 10.7. The average molecular weight is 524 g/mol. The molecule has 2 aromatic rings. The number of benzene rings is 2. The van der Waals surface area contributed by atoms with Gasteiger partial charge in [-0.15, -0.1) is 0 Å². The van der Waals surface area contributed by atoms with Crippen LogP contribution in [0, 0.1) is 0 Å². The van der Waals surface area contributed by atoms with E-state index >= 15 is 0 Å². The van der Waals surface area contributed by atoms with Gasteiger partial charge in [0.1, 0.15) is 17.5 Å². The van der Waals surface area contributed by atoms with Gasteiger partial charge in [0, 0.05) is 17.6 Å². The van der Waals surface area contributed by atoms with Crippen LogP contribution in [0.5, 0.6) is 11.5 Å². The van der Waals surface area contributed by atoms with Gasteiger partial charge in [-0.05, 0) is 71.6 Å². The van der Waals surface area contributed by atoms with E-state index in [0.29, 0.717) is 15.2 Å². The molecular weight excluding hydrogens is 496 g/mol. The lowest BCUT2D eigenvalue weighted by Crippen LogP contribution is -2.50. The topological polar surface area (TPSA) is 67.9 Å². The highest BCUT2D eigenvalue weighted by molar-refractivity contribution is 9.10. The maximum atomic E-state index is 13.2. The molecule has 2 aromatic carbocycles. The Morgan fingerprint density at radius 1 is 1.19 bits per heavy atom. The number of nitrogens with zero attached hydrogens (tertiary/aromatic N) is 1. The van der Waals surface area contributed by atoms with Gasteiger partial charge in [-0.2, -0.15) is 0 Å². The van der Waals surface area contributed by atoms with Crippen molar-refractivity contribution in [2.75, 3.05) is 13.7 Å². The van der Waals surface area contributed by atoms with Crippen LogP contribution in [0.1, 0.15) is 38.2 Å². The number of ether oxygens (including phenoxy) is 2. The lowest BCUT2D eigenvalue weighted by atomic mass is 10.1. The monoisotopic (exact) mass is 522 g/mol. The minimum Gasteiger partial charge on any atom is -0.497 e. The second-order valence-electron chi connectivity index (χ2n) is 7.90. The lowest BCUT2D eigenvalue weighted by Gasteiger charge is -2.29. The van der Waals surface area contributed by atoms with Gasteiger partial charge >= 0.3 is 0 Å². The molecule has 0 spiro atoms. The van der Waals surface area contributed by atoms with Crippen LogP contribution in [0.15, 0.2) is 46.9 Å². The zero-order valence-electron chi connectivity index (χ0n) is 18.3. The normalized spacial score (nSPS) is 14.6. The van der Waals surface area contributed by atoms with E-state index in [0.717, 1.165) is 37.0 Å². The number of methoxy groups -OCH3 is 1. The third kappa shape index (κ3) is 6.62. The molecule has 6 nitrogen and oxygen atoms in total. The summed E-state index contributed by atoms with van der Waals surface area (Å²) in [6.45, 7) is 1.84. The van der Waals surface area contributed by atoms with Crippen LogP contribution < -0.4 is 14.8 Å². The zero-order valence-corrected chi connectivity index (χ0v) is 20.6. The Labute approximate surface area is 202 Å². The molecule has 1 fully saturated rings.